The predicted molar refractivity (Wildman–Crippen MR) is 294 cm³/mol. The van der Waals surface area contributed by atoms with Gasteiger partial charge in [0.15, 0.2) is 0 Å². The van der Waals surface area contributed by atoms with Crippen LogP contribution in [0.1, 0.15) is 51.8 Å². The highest BCUT2D eigenvalue weighted by molar-refractivity contribution is 9.11. The van der Waals surface area contributed by atoms with Gasteiger partial charge in [-0.2, -0.15) is 0 Å². The number of carbonyl (C=O) groups is 5. The molecule has 0 amide bonds. The standard InChI is InChI=1S/C22H19NO4.C20H15NO4.C8H9BO4.C6H5Br2N/c1-26-21(24)16-7-3-14(4-8-16)18-11-12-19(20(23)13-18)15-5-9-17(10-6-15)22(25)27-2;21-18-11-16(12-1-5-14(6-2-12)19(22)23)9-10-17(18)13-3-7-15(8-4-13)20(24)25;1-13-8(10)6-2-4-7(5-3-6)9(11)12;7-4-1-2-5(8)6(9)3-4/h3-13H,23H2,1-2H3;1-11H,21H2,(H,22,23)(H,24,25);2-5,11-12H,1H3;1-3H,9H2. The van der Waals surface area contributed by atoms with Gasteiger partial charge in [0.05, 0.1) is 49.1 Å². The van der Waals surface area contributed by atoms with Gasteiger partial charge >= 0.3 is 37.0 Å². The summed E-state index contributed by atoms with van der Waals surface area (Å²) in [5.41, 5.74) is 29.1. The first kappa shape index (κ1) is 56.4. The number of ether oxygens (including phenoxy) is 3. The molecule has 74 heavy (non-hydrogen) atoms. The number of rotatable bonds is 10. The first-order valence-electron chi connectivity index (χ1n) is 21.9. The molecular weight excluding hydrogens is 1080 g/mol. The van der Waals surface area contributed by atoms with Crippen LogP contribution in [-0.4, -0.2) is 78.6 Å². The smallest absolute Gasteiger partial charge is 0.478 e. The summed E-state index contributed by atoms with van der Waals surface area (Å²) in [6, 6.07) is 50.2. The van der Waals surface area contributed by atoms with E-state index in [0.717, 1.165) is 59.1 Å². The van der Waals surface area contributed by atoms with Gasteiger partial charge < -0.3 is 51.7 Å². The van der Waals surface area contributed by atoms with E-state index < -0.39 is 25.0 Å². The van der Waals surface area contributed by atoms with Gasteiger partial charge in [-0.3, -0.25) is 0 Å². The average Bonchev–Trinajstić information content (AvgIpc) is 3.42. The van der Waals surface area contributed by atoms with Crippen LogP contribution in [0.2, 0.25) is 0 Å². The Morgan fingerprint density at radius 1 is 0.392 bits per heavy atom. The molecule has 0 bridgehead atoms. The van der Waals surface area contributed by atoms with Crippen LogP contribution >= 0.6 is 31.9 Å². The van der Waals surface area contributed by atoms with Gasteiger partial charge in [0, 0.05) is 37.1 Å². The molecule has 10 N–H and O–H groups in total. The summed E-state index contributed by atoms with van der Waals surface area (Å²) in [6.45, 7) is 0. The summed E-state index contributed by atoms with van der Waals surface area (Å²) in [5.74, 6) is -3.13. The number of carboxylic acid groups (broad SMARTS) is 2. The quantitative estimate of drug-likeness (QED) is 0.0290. The molecule has 0 radical (unpaired) electrons. The first-order chi connectivity index (χ1) is 35.3. The van der Waals surface area contributed by atoms with Crippen LogP contribution in [0.15, 0.2) is 185 Å². The summed E-state index contributed by atoms with van der Waals surface area (Å²) in [5, 5.41) is 35.4. The zero-order valence-electron chi connectivity index (χ0n) is 39.9. The zero-order valence-corrected chi connectivity index (χ0v) is 43.0. The number of nitrogen functional groups attached to an aromatic ring is 3. The lowest BCUT2D eigenvalue weighted by atomic mass is 9.80. The molecule has 0 saturated heterocycles. The molecule has 0 atom stereocenters. The SMILES string of the molecule is COC(=O)c1ccc(-c2ccc(-c3ccc(C(=O)OC)cc3)c(N)c2)cc1.COC(=O)c1ccc(B(O)O)cc1.Nc1cc(-c2ccc(C(=O)O)cc2)ccc1-c1ccc(C(=O)O)cc1.Nc1cc(Br)ccc1Br. The highest BCUT2D eigenvalue weighted by atomic mass is 79.9. The van der Waals surface area contributed by atoms with E-state index in [1.165, 1.54) is 57.7 Å². The Hall–Kier alpha value is -8.55. The number of carboxylic acids is 2. The van der Waals surface area contributed by atoms with Crippen LogP contribution in [-0.2, 0) is 14.2 Å². The van der Waals surface area contributed by atoms with Crippen molar-refractivity contribution in [2.45, 2.75) is 0 Å². The molecule has 0 unspecified atom stereocenters. The van der Waals surface area contributed by atoms with E-state index in [1.54, 1.807) is 60.7 Å². The summed E-state index contributed by atoms with van der Waals surface area (Å²) in [6.07, 6.45) is 0. The van der Waals surface area contributed by atoms with Crippen LogP contribution in [0.25, 0.3) is 44.5 Å². The van der Waals surface area contributed by atoms with Crippen molar-refractivity contribution < 1.29 is 58.4 Å². The second kappa shape index (κ2) is 26.8. The molecule has 0 aliphatic heterocycles. The highest BCUT2D eigenvalue weighted by Crippen LogP contribution is 2.33. The summed E-state index contributed by atoms with van der Waals surface area (Å²) in [7, 11) is 2.49. The Labute approximate surface area is 443 Å². The van der Waals surface area contributed by atoms with Crippen LogP contribution in [0.5, 0.6) is 0 Å². The maximum Gasteiger partial charge on any atom is 0.488 e. The molecule has 0 heterocycles. The molecule has 0 aromatic heterocycles. The second-order valence-electron chi connectivity index (χ2n) is 15.7. The van der Waals surface area contributed by atoms with E-state index in [0.29, 0.717) is 33.5 Å². The molecule has 0 aliphatic rings. The normalized spacial score (nSPS) is 10.1. The lowest BCUT2D eigenvalue weighted by Crippen LogP contribution is -2.29. The van der Waals surface area contributed by atoms with Crippen molar-refractivity contribution in [1.82, 2.24) is 0 Å². The molecule has 8 rings (SSSR count). The summed E-state index contributed by atoms with van der Waals surface area (Å²) >= 11 is 6.58. The predicted octanol–water partition coefficient (Wildman–Crippen LogP) is 10.1. The molecule has 18 heteroatoms. The van der Waals surface area contributed by atoms with Crippen LogP contribution < -0.4 is 22.7 Å². The molecule has 0 aliphatic carbocycles. The summed E-state index contributed by atoms with van der Waals surface area (Å²) in [4.78, 5) is 55.9. The number of benzene rings is 8. The van der Waals surface area contributed by atoms with Crippen molar-refractivity contribution in [3.05, 3.63) is 213 Å². The van der Waals surface area contributed by atoms with E-state index in [-0.39, 0.29) is 23.1 Å². The van der Waals surface area contributed by atoms with E-state index in [4.69, 9.17) is 46.9 Å². The molecule has 0 saturated carbocycles. The van der Waals surface area contributed by atoms with Crippen LogP contribution in [0, 0.1) is 0 Å². The molecule has 8 aromatic rings. The third kappa shape index (κ3) is 15.5. The first-order valence-corrected chi connectivity index (χ1v) is 23.5. The molecule has 15 nitrogen and oxygen atoms in total. The number of nitrogens with two attached hydrogens (primary N) is 3. The van der Waals surface area contributed by atoms with Gasteiger partial charge in [-0.25, -0.2) is 24.0 Å². The van der Waals surface area contributed by atoms with E-state index >= 15 is 0 Å². The van der Waals surface area contributed by atoms with Crippen LogP contribution in [0.3, 0.4) is 0 Å². The third-order valence-electron chi connectivity index (χ3n) is 10.9. The maximum atomic E-state index is 11.5. The molecule has 8 aromatic carbocycles. The van der Waals surface area contributed by atoms with Crippen LogP contribution in [0.4, 0.5) is 17.1 Å². The van der Waals surface area contributed by atoms with Crippen molar-refractivity contribution >= 4 is 91.3 Å². The number of methoxy groups -OCH3 is 3. The monoisotopic (exact) mass is 1120 g/mol. The fourth-order valence-corrected chi connectivity index (χ4v) is 7.48. The van der Waals surface area contributed by atoms with Crippen molar-refractivity contribution in [3.8, 4) is 44.5 Å². The Morgan fingerprint density at radius 3 is 0.986 bits per heavy atom. The van der Waals surface area contributed by atoms with Gasteiger partial charge in [0.1, 0.15) is 0 Å². The van der Waals surface area contributed by atoms with Crippen molar-refractivity contribution in [1.29, 1.82) is 0 Å². The highest BCUT2D eigenvalue weighted by Gasteiger charge is 2.14. The minimum atomic E-state index is -1.51. The lowest BCUT2D eigenvalue weighted by molar-refractivity contribution is 0.0592. The van der Waals surface area contributed by atoms with E-state index in [1.807, 2.05) is 78.9 Å². The van der Waals surface area contributed by atoms with Gasteiger partial charge in [-0.15, -0.1) is 0 Å². The zero-order chi connectivity index (χ0) is 54.1. The topological polar surface area (TPSA) is 272 Å². The van der Waals surface area contributed by atoms with Gasteiger partial charge in [-0.05, 0) is 146 Å². The number of hydrogen-bond acceptors (Lipinski definition) is 13. The second-order valence-corrected chi connectivity index (χ2v) is 17.4. The van der Waals surface area contributed by atoms with Crippen molar-refractivity contribution in [3.63, 3.8) is 0 Å². The fourth-order valence-electron chi connectivity index (χ4n) is 6.85. The lowest BCUT2D eigenvalue weighted by Gasteiger charge is -2.10. The minimum absolute atomic E-state index is 0.220. The number of aromatic carboxylic acids is 2. The van der Waals surface area contributed by atoms with Gasteiger partial charge in [-0.1, -0.05) is 101 Å². The minimum Gasteiger partial charge on any atom is -0.478 e. The molecule has 0 fully saturated rings. The van der Waals surface area contributed by atoms with E-state index in [2.05, 4.69) is 36.6 Å². The van der Waals surface area contributed by atoms with Crippen molar-refractivity contribution in [2.24, 2.45) is 0 Å². The maximum absolute atomic E-state index is 11.5. The fraction of sp³-hybridized carbons (Fsp3) is 0.0536. The Bertz CT molecular complexity index is 3250. The number of carbonyl (C=O) groups excluding carboxylic acids is 3. The number of anilines is 3. The Balaban J connectivity index is 0.000000198. The van der Waals surface area contributed by atoms with Crippen molar-refractivity contribution in [2.75, 3.05) is 38.5 Å². The van der Waals surface area contributed by atoms with E-state index in [9.17, 15) is 24.0 Å². The Kier molecular flexibility index (Phi) is 20.4. The number of halogens is 2. The molecule has 0 spiro atoms. The summed E-state index contributed by atoms with van der Waals surface area (Å²) < 4.78 is 15.8. The largest absolute Gasteiger partial charge is 0.488 e. The number of esters is 3. The molecular formula is C56H48BBr2N3O12. The van der Waals surface area contributed by atoms with Gasteiger partial charge in [0.25, 0.3) is 0 Å². The average molecular weight is 1130 g/mol. The van der Waals surface area contributed by atoms with Gasteiger partial charge in [0.2, 0.25) is 0 Å². The number of hydrogen-bond donors (Lipinski definition) is 7. The third-order valence-corrected chi connectivity index (χ3v) is 12.1. The molecule has 376 valence electrons. The Morgan fingerprint density at radius 2 is 0.703 bits per heavy atom.